The molecular formula is C19H21ClN2O3. The number of methoxy groups -OCH3 is 1. The molecule has 132 valence electrons. The maximum atomic E-state index is 12.3. The SMILES string of the molecule is COc1cc(Cl)c(C)cc1NC(=O)CC(C)NC(=O)c1ccccc1. The average Bonchev–Trinajstić information content (AvgIpc) is 2.58. The molecule has 5 nitrogen and oxygen atoms in total. The minimum absolute atomic E-state index is 0.142. The van der Waals surface area contributed by atoms with E-state index in [4.69, 9.17) is 16.3 Å². The normalized spacial score (nSPS) is 11.5. The lowest BCUT2D eigenvalue weighted by Crippen LogP contribution is -2.35. The molecule has 0 aromatic heterocycles. The summed E-state index contributed by atoms with van der Waals surface area (Å²) in [5, 5.41) is 6.18. The van der Waals surface area contributed by atoms with Crippen LogP contribution < -0.4 is 15.4 Å². The highest BCUT2D eigenvalue weighted by Crippen LogP contribution is 2.31. The number of nitrogens with one attached hydrogen (secondary N) is 2. The number of hydrogen-bond acceptors (Lipinski definition) is 3. The predicted molar refractivity (Wildman–Crippen MR) is 99.4 cm³/mol. The largest absolute Gasteiger partial charge is 0.495 e. The minimum Gasteiger partial charge on any atom is -0.495 e. The van der Waals surface area contributed by atoms with Crippen molar-refractivity contribution in [3.63, 3.8) is 0 Å². The quantitative estimate of drug-likeness (QED) is 0.823. The molecule has 2 aromatic carbocycles. The van der Waals surface area contributed by atoms with E-state index in [-0.39, 0.29) is 24.3 Å². The van der Waals surface area contributed by atoms with E-state index in [0.717, 1.165) is 5.56 Å². The first-order chi connectivity index (χ1) is 11.9. The molecule has 2 aromatic rings. The van der Waals surface area contributed by atoms with Gasteiger partial charge >= 0.3 is 0 Å². The molecule has 0 spiro atoms. The third-order valence-corrected chi connectivity index (χ3v) is 4.07. The van der Waals surface area contributed by atoms with E-state index >= 15 is 0 Å². The highest BCUT2D eigenvalue weighted by molar-refractivity contribution is 6.31. The molecule has 1 unspecified atom stereocenters. The standard InChI is InChI=1S/C19H21ClN2O3/c1-12-9-16(17(25-3)11-15(12)20)22-18(23)10-13(2)21-19(24)14-7-5-4-6-8-14/h4-9,11,13H,10H2,1-3H3,(H,21,24)(H,22,23). The number of aryl methyl sites for hydroxylation is 1. The maximum absolute atomic E-state index is 12.3. The van der Waals surface area contributed by atoms with Crippen molar-refractivity contribution in [3.05, 3.63) is 58.6 Å². The number of amides is 2. The number of benzene rings is 2. The summed E-state index contributed by atoms with van der Waals surface area (Å²) >= 11 is 6.06. The second-order valence-electron chi connectivity index (χ2n) is 5.79. The van der Waals surface area contributed by atoms with E-state index < -0.39 is 0 Å². The molecule has 0 aliphatic rings. The summed E-state index contributed by atoms with van der Waals surface area (Å²) in [6, 6.07) is 12.0. The van der Waals surface area contributed by atoms with E-state index in [1.807, 2.05) is 13.0 Å². The van der Waals surface area contributed by atoms with Crippen molar-refractivity contribution >= 4 is 29.1 Å². The van der Waals surface area contributed by atoms with E-state index in [1.165, 1.54) is 7.11 Å². The molecule has 0 fully saturated rings. The van der Waals surface area contributed by atoms with Crippen LogP contribution >= 0.6 is 11.6 Å². The first kappa shape index (κ1) is 18.8. The Labute approximate surface area is 152 Å². The minimum atomic E-state index is -0.313. The van der Waals surface area contributed by atoms with Gasteiger partial charge in [0.2, 0.25) is 5.91 Å². The summed E-state index contributed by atoms with van der Waals surface area (Å²) in [6.45, 7) is 3.63. The number of carbonyl (C=O) groups is 2. The Bertz CT molecular complexity index is 763. The van der Waals surface area contributed by atoms with Crippen LogP contribution in [-0.2, 0) is 4.79 Å². The van der Waals surface area contributed by atoms with Gasteiger partial charge in [-0.3, -0.25) is 9.59 Å². The van der Waals surface area contributed by atoms with Crippen LogP contribution in [0.15, 0.2) is 42.5 Å². The number of ether oxygens (including phenoxy) is 1. The van der Waals surface area contributed by atoms with Gasteiger partial charge in [0.15, 0.2) is 0 Å². The Morgan fingerprint density at radius 1 is 1.20 bits per heavy atom. The van der Waals surface area contributed by atoms with Crippen molar-refractivity contribution in [2.75, 3.05) is 12.4 Å². The van der Waals surface area contributed by atoms with Gasteiger partial charge in [-0.2, -0.15) is 0 Å². The second-order valence-corrected chi connectivity index (χ2v) is 6.20. The Balaban J connectivity index is 1.96. The van der Waals surface area contributed by atoms with Crippen molar-refractivity contribution in [2.24, 2.45) is 0 Å². The topological polar surface area (TPSA) is 67.4 Å². The van der Waals surface area contributed by atoms with Gasteiger partial charge in [-0.1, -0.05) is 29.8 Å². The fraction of sp³-hybridized carbons (Fsp3) is 0.263. The van der Waals surface area contributed by atoms with Gasteiger partial charge < -0.3 is 15.4 Å². The average molecular weight is 361 g/mol. The summed E-state index contributed by atoms with van der Waals surface area (Å²) in [5.41, 5.74) is 1.95. The smallest absolute Gasteiger partial charge is 0.251 e. The van der Waals surface area contributed by atoms with E-state index in [9.17, 15) is 9.59 Å². The Kier molecular flexibility index (Phi) is 6.42. The zero-order valence-corrected chi connectivity index (χ0v) is 15.2. The van der Waals surface area contributed by atoms with Crippen molar-refractivity contribution < 1.29 is 14.3 Å². The third-order valence-electron chi connectivity index (χ3n) is 3.66. The third kappa shape index (κ3) is 5.22. The van der Waals surface area contributed by atoms with E-state index in [0.29, 0.717) is 22.0 Å². The lowest BCUT2D eigenvalue weighted by atomic mass is 10.1. The summed E-state index contributed by atoms with van der Waals surface area (Å²) in [6.07, 6.45) is 0.142. The Morgan fingerprint density at radius 3 is 2.52 bits per heavy atom. The fourth-order valence-corrected chi connectivity index (χ4v) is 2.51. The Hall–Kier alpha value is -2.53. The van der Waals surface area contributed by atoms with E-state index in [1.54, 1.807) is 43.3 Å². The predicted octanol–water partition coefficient (Wildman–Crippen LogP) is 3.80. The van der Waals surface area contributed by atoms with Gasteiger partial charge in [-0.15, -0.1) is 0 Å². The molecular weight excluding hydrogens is 340 g/mol. The molecule has 0 saturated heterocycles. The lowest BCUT2D eigenvalue weighted by molar-refractivity contribution is -0.116. The van der Waals surface area contributed by atoms with E-state index in [2.05, 4.69) is 10.6 Å². The van der Waals surface area contributed by atoms with Gasteiger partial charge in [-0.05, 0) is 37.6 Å². The maximum Gasteiger partial charge on any atom is 0.251 e. The first-order valence-electron chi connectivity index (χ1n) is 7.90. The Morgan fingerprint density at radius 2 is 1.88 bits per heavy atom. The van der Waals surface area contributed by atoms with Crippen molar-refractivity contribution in [3.8, 4) is 5.75 Å². The highest BCUT2D eigenvalue weighted by Gasteiger charge is 2.15. The molecule has 25 heavy (non-hydrogen) atoms. The number of halogens is 1. The van der Waals surface area contributed by atoms with Crippen LogP contribution in [0.1, 0.15) is 29.3 Å². The van der Waals surface area contributed by atoms with Gasteiger partial charge in [0, 0.05) is 29.1 Å². The van der Waals surface area contributed by atoms with Gasteiger partial charge in [0.25, 0.3) is 5.91 Å². The summed E-state index contributed by atoms with van der Waals surface area (Å²) in [7, 11) is 1.51. The number of rotatable bonds is 6. The molecule has 6 heteroatoms. The van der Waals surface area contributed by atoms with Crippen LogP contribution in [0.25, 0.3) is 0 Å². The van der Waals surface area contributed by atoms with Crippen molar-refractivity contribution in [1.82, 2.24) is 5.32 Å². The number of anilines is 1. The summed E-state index contributed by atoms with van der Waals surface area (Å²) < 4.78 is 5.24. The van der Waals surface area contributed by atoms with Gasteiger partial charge in [0.1, 0.15) is 5.75 Å². The van der Waals surface area contributed by atoms with Crippen LogP contribution in [0.3, 0.4) is 0 Å². The van der Waals surface area contributed by atoms with Crippen molar-refractivity contribution in [1.29, 1.82) is 0 Å². The molecule has 1 atom stereocenters. The van der Waals surface area contributed by atoms with Crippen LogP contribution in [0, 0.1) is 6.92 Å². The summed E-state index contributed by atoms with van der Waals surface area (Å²) in [5.74, 6) is 0.0617. The first-order valence-corrected chi connectivity index (χ1v) is 8.28. The van der Waals surface area contributed by atoms with Gasteiger partial charge in [0.05, 0.1) is 12.8 Å². The lowest BCUT2D eigenvalue weighted by Gasteiger charge is -2.16. The molecule has 2 amide bonds. The zero-order valence-electron chi connectivity index (χ0n) is 14.4. The van der Waals surface area contributed by atoms with Crippen molar-refractivity contribution in [2.45, 2.75) is 26.3 Å². The molecule has 2 rings (SSSR count). The summed E-state index contributed by atoms with van der Waals surface area (Å²) in [4.78, 5) is 24.4. The molecule has 0 saturated carbocycles. The molecule has 2 N–H and O–H groups in total. The van der Waals surface area contributed by atoms with Crippen LogP contribution in [0.5, 0.6) is 5.75 Å². The van der Waals surface area contributed by atoms with Crippen LogP contribution in [-0.4, -0.2) is 25.0 Å². The monoisotopic (exact) mass is 360 g/mol. The van der Waals surface area contributed by atoms with Gasteiger partial charge in [-0.25, -0.2) is 0 Å². The number of carbonyl (C=O) groups excluding carboxylic acids is 2. The molecule has 0 radical (unpaired) electrons. The molecule has 0 heterocycles. The van der Waals surface area contributed by atoms with Crippen LogP contribution in [0.2, 0.25) is 5.02 Å². The highest BCUT2D eigenvalue weighted by atomic mass is 35.5. The molecule has 0 aliphatic heterocycles. The second kappa shape index (κ2) is 8.53. The fourth-order valence-electron chi connectivity index (χ4n) is 2.36. The zero-order chi connectivity index (χ0) is 18.4. The molecule has 0 bridgehead atoms. The molecule has 0 aliphatic carbocycles. The van der Waals surface area contributed by atoms with Crippen LogP contribution in [0.4, 0.5) is 5.69 Å². The number of hydrogen-bond donors (Lipinski definition) is 2.